The summed E-state index contributed by atoms with van der Waals surface area (Å²) < 4.78 is 47.5. The van der Waals surface area contributed by atoms with Crippen LogP contribution in [0, 0.1) is 12.7 Å². The summed E-state index contributed by atoms with van der Waals surface area (Å²) in [6.45, 7) is 1.49. The Kier molecular flexibility index (Phi) is 7.06. The van der Waals surface area contributed by atoms with Crippen molar-refractivity contribution in [3.63, 3.8) is 0 Å². The summed E-state index contributed by atoms with van der Waals surface area (Å²) in [6, 6.07) is 9.88. The molecule has 1 amide bonds. The Balaban J connectivity index is 1.39. The van der Waals surface area contributed by atoms with E-state index >= 15 is 0 Å². The number of amides is 1. The Morgan fingerprint density at radius 2 is 1.85 bits per heavy atom. The molecule has 10 heteroatoms. The van der Waals surface area contributed by atoms with Gasteiger partial charge in [0, 0.05) is 18.4 Å². The predicted molar refractivity (Wildman–Crippen MR) is 125 cm³/mol. The molecule has 8 nitrogen and oxygen atoms in total. The van der Waals surface area contributed by atoms with Crippen LogP contribution in [0.15, 0.2) is 66.0 Å². The second-order valence-electron chi connectivity index (χ2n) is 8.17. The minimum absolute atomic E-state index is 0.00288. The quantitative estimate of drug-likeness (QED) is 0.527. The lowest BCUT2D eigenvalue weighted by Gasteiger charge is -2.29. The number of aromatic nitrogens is 2. The first-order valence-corrected chi connectivity index (χ1v) is 12.4. The monoisotopic (exact) mass is 484 g/mol. The fraction of sp³-hybridized carbons (Fsp3) is 0.292. The average Bonchev–Trinajstić information content (AvgIpc) is 2.83. The Hall–Kier alpha value is -3.53. The van der Waals surface area contributed by atoms with Crippen molar-refractivity contribution in [1.29, 1.82) is 0 Å². The van der Waals surface area contributed by atoms with E-state index in [1.807, 2.05) is 0 Å². The first-order chi connectivity index (χ1) is 16.3. The second-order valence-corrected chi connectivity index (χ2v) is 9.85. The molecule has 1 aliphatic carbocycles. The zero-order valence-electron chi connectivity index (χ0n) is 18.6. The Labute approximate surface area is 197 Å². The first kappa shape index (κ1) is 23.6. The van der Waals surface area contributed by atoms with Crippen LogP contribution in [-0.4, -0.2) is 36.4 Å². The molecule has 34 heavy (non-hydrogen) atoms. The minimum atomic E-state index is -4.00. The number of nitrogens with one attached hydrogen (secondary N) is 2. The zero-order chi connectivity index (χ0) is 24.1. The highest BCUT2D eigenvalue weighted by Crippen LogP contribution is 2.25. The Bertz CT molecular complexity index is 1260. The van der Waals surface area contributed by atoms with E-state index in [1.165, 1.54) is 25.1 Å². The van der Waals surface area contributed by atoms with E-state index in [9.17, 15) is 17.6 Å². The fourth-order valence-corrected chi connectivity index (χ4v) is 5.03. The normalized spacial score (nSPS) is 18.2. The van der Waals surface area contributed by atoms with Crippen LogP contribution in [0.4, 0.5) is 10.1 Å². The highest BCUT2D eigenvalue weighted by atomic mass is 32.2. The summed E-state index contributed by atoms with van der Waals surface area (Å²) in [4.78, 5) is 21.0. The number of ether oxygens (including phenoxy) is 1. The van der Waals surface area contributed by atoms with Gasteiger partial charge in [0.25, 0.3) is 15.9 Å². The molecular formula is C24H25FN4O4S. The third-order valence-electron chi connectivity index (χ3n) is 5.69. The number of anilines is 1. The van der Waals surface area contributed by atoms with E-state index in [0.29, 0.717) is 5.88 Å². The summed E-state index contributed by atoms with van der Waals surface area (Å²) >= 11 is 0. The molecule has 2 aromatic carbocycles. The van der Waals surface area contributed by atoms with Crippen molar-refractivity contribution in [2.24, 2.45) is 0 Å². The molecule has 0 atom stereocenters. The summed E-state index contributed by atoms with van der Waals surface area (Å²) in [5, 5.41) is 3.00. The van der Waals surface area contributed by atoms with Gasteiger partial charge in [-0.1, -0.05) is 12.1 Å². The van der Waals surface area contributed by atoms with E-state index in [4.69, 9.17) is 4.74 Å². The highest BCUT2D eigenvalue weighted by Gasteiger charge is 2.26. The third-order valence-corrected chi connectivity index (χ3v) is 7.06. The molecule has 1 aromatic heterocycles. The summed E-state index contributed by atoms with van der Waals surface area (Å²) in [7, 11) is -4.00. The minimum Gasteiger partial charge on any atom is -0.473 e. The predicted octanol–water partition coefficient (Wildman–Crippen LogP) is 3.84. The van der Waals surface area contributed by atoms with Gasteiger partial charge in [-0.25, -0.2) is 17.8 Å². The van der Waals surface area contributed by atoms with Crippen LogP contribution in [0.1, 0.15) is 41.6 Å². The number of hydrogen-bond donors (Lipinski definition) is 2. The van der Waals surface area contributed by atoms with Crippen molar-refractivity contribution in [2.45, 2.75) is 49.6 Å². The molecule has 1 aliphatic rings. The molecule has 0 spiro atoms. The van der Waals surface area contributed by atoms with Gasteiger partial charge in [0.05, 0.1) is 22.3 Å². The molecule has 0 bridgehead atoms. The lowest BCUT2D eigenvalue weighted by atomic mass is 9.92. The Morgan fingerprint density at radius 1 is 1.09 bits per heavy atom. The van der Waals surface area contributed by atoms with Gasteiger partial charge in [-0.2, -0.15) is 0 Å². The second kappa shape index (κ2) is 10.2. The maximum absolute atomic E-state index is 13.6. The van der Waals surface area contributed by atoms with Crippen molar-refractivity contribution in [3.05, 3.63) is 78.0 Å². The van der Waals surface area contributed by atoms with Gasteiger partial charge >= 0.3 is 0 Å². The van der Waals surface area contributed by atoms with Crippen LogP contribution in [0.25, 0.3) is 0 Å². The SMILES string of the molecule is Cc1cc(S(=O)(=O)Nc2ccccc2C(=O)NC2CCC(Oc3cnccn3)CC2)ccc1F. The van der Waals surface area contributed by atoms with Crippen molar-refractivity contribution in [3.8, 4) is 5.88 Å². The topological polar surface area (TPSA) is 110 Å². The number of halogens is 1. The van der Waals surface area contributed by atoms with E-state index < -0.39 is 15.8 Å². The van der Waals surface area contributed by atoms with E-state index in [0.717, 1.165) is 31.7 Å². The highest BCUT2D eigenvalue weighted by molar-refractivity contribution is 7.92. The van der Waals surface area contributed by atoms with Crippen LogP contribution in [0.3, 0.4) is 0 Å². The van der Waals surface area contributed by atoms with Gasteiger partial charge in [0.2, 0.25) is 5.88 Å². The van der Waals surface area contributed by atoms with Crippen LogP contribution in [0.2, 0.25) is 0 Å². The van der Waals surface area contributed by atoms with Gasteiger partial charge in [-0.3, -0.25) is 14.5 Å². The van der Waals surface area contributed by atoms with Crippen LogP contribution < -0.4 is 14.8 Å². The number of nitrogens with zero attached hydrogens (tertiary/aromatic N) is 2. The molecule has 0 aliphatic heterocycles. The number of carbonyl (C=O) groups is 1. The standard InChI is InChI=1S/C24H25FN4O4S/c1-16-14-19(10-11-21(16)25)34(31,32)29-22-5-3-2-4-20(22)24(30)28-17-6-8-18(9-7-17)33-23-15-26-12-13-27-23/h2-5,10-15,17-18,29H,6-9H2,1H3,(H,28,30). The lowest BCUT2D eigenvalue weighted by Crippen LogP contribution is -2.40. The number of benzene rings is 2. The first-order valence-electron chi connectivity index (χ1n) is 10.9. The number of para-hydroxylation sites is 1. The number of sulfonamides is 1. The summed E-state index contributed by atoms with van der Waals surface area (Å²) in [6.07, 6.45) is 7.67. The molecule has 1 fully saturated rings. The molecule has 1 heterocycles. The van der Waals surface area contributed by atoms with Gasteiger partial charge in [0.15, 0.2) is 0 Å². The average molecular weight is 485 g/mol. The molecule has 4 rings (SSSR count). The van der Waals surface area contributed by atoms with Crippen LogP contribution in [0.5, 0.6) is 5.88 Å². The fourth-order valence-electron chi connectivity index (χ4n) is 3.86. The zero-order valence-corrected chi connectivity index (χ0v) is 19.4. The maximum Gasteiger partial charge on any atom is 0.261 e. The van der Waals surface area contributed by atoms with E-state index in [1.54, 1.807) is 36.8 Å². The van der Waals surface area contributed by atoms with Crippen molar-refractivity contribution in [1.82, 2.24) is 15.3 Å². The van der Waals surface area contributed by atoms with E-state index in [-0.39, 0.29) is 39.8 Å². The molecule has 0 radical (unpaired) electrons. The summed E-state index contributed by atoms with van der Waals surface area (Å²) in [5.74, 6) is -0.380. The largest absolute Gasteiger partial charge is 0.473 e. The smallest absolute Gasteiger partial charge is 0.261 e. The van der Waals surface area contributed by atoms with Gasteiger partial charge in [-0.15, -0.1) is 0 Å². The van der Waals surface area contributed by atoms with Crippen LogP contribution in [-0.2, 0) is 10.0 Å². The molecule has 2 N–H and O–H groups in total. The van der Waals surface area contributed by atoms with Crippen molar-refractivity contribution >= 4 is 21.6 Å². The lowest BCUT2D eigenvalue weighted by molar-refractivity contribution is 0.0890. The molecular weight excluding hydrogens is 459 g/mol. The molecule has 3 aromatic rings. The molecule has 178 valence electrons. The van der Waals surface area contributed by atoms with Gasteiger partial charge < -0.3 is 10.1 Å². The van der Waals surface area contributed by atoms with Crippen molar-refractivity contribution in [2.75, 3.05) is 4.72 Å². The molecule has 1 saturated carbocycles. The van der Waals surface area contributed by atoms with Gasteiger partial charge in [0.1, 0.15) is 11.9 Å². The van der Waals surface area contributed by atoms with Gasteiger partial charge in [-0.05, 0) is 68.5 Å². The number of aryl methyl sites for hydroxylation is 1. The number of rotatable bonds is 7. The maximum atomic E-state index is 13.6. The summed E-state index contributed by atoms with van der Waals surface area (Å²) in [5.41, 5.74) is 0.581. The Morgan fingerprint density at radius 3 is 2.56 bits per heavy atom. The third kappa shape index (κ3) is 5.69. The number of carbonyl (C=O) groups excluding carboxylic acids is 1. The van der Waals surface area contributed by atoms with E-state index in [2.05, 4.69) is 20.0 Å². The molecule has 0 saturated heterocycles. The van der Waals surface area contributed by atoms with Crippen LogP contribution >= 0.6 is 0 Å². The van der Waals surface area contributed by atoms with Crippen molar-refractivity contribution < 1.29 is 22.3 Å². The molecule has 0 unspecified atom stereocenters. The number of hydrogen-bond acceptors (Lipinski definition) is 6.